The summed E-state index contributed by atoms with van der Waals surface area (Å²) in [6.45, 7) is 4.22. The molecule has 2 aromatic heterocycles. The molecule has 2 aliphatic heterocycles. The molecule has 0 radical (unpaired) electrons. The van der Waals surface area contributed by atoms with Gasteiger partial charge in [-0.15, -0.1) is 11.3 Å². The molecule has 6 heteroatoms. The monoisotopic (exact) mass is 456 g/mol. The SMILES string of the molecule is Cc1c2c(cc3c1O/C(=C\c1cn(C)c4ccccc14)C3=O)CN(CCc1cccs1)CO2. The van der Waals surface area contributed by atoms with Crippen molar-refractivity contribution in [2.75, 3.05) is 13.3 Å². The fourth-order valence-corrected chi connectivity index (χ4v) is 5.49. The van der Waals surface area contributed by atoms with Crippen LogP contribution in [0.3, 0.4) is 0 Å². The molecule has 2 aromatic carbocycles. The number of hydrogen-bond acceptors (Lipinski definition) is 5. The Morgan fingerprint density at radius 3 is 2.88 bits per heavy atom. The van der Waals surface area contributed by atoms with Crippen LogP contribution in [0.25, 0.3) is 17.0 Å². The van der Waals surface area contributed by atoms with Gasteiger partial charge >= 0.3 is 0 Å². The number of benzene rings is 2. The quantitative estimate of drug-likeness (QED) is 0.377. The Hall–Kier alpha value is -3.35. The van der Waals surface area contributed by atoms with Crippen LogP contribution in [0.1, 0.15) is 31.9 Å². The lowest BCUT2D eigenvalue weighted by Gasteiger charge is -2.30. The van der Waals surface area contributed by atoms with Crippen molar-refractivity contribution in [3.63, 3.8) is 0 Å². The first-order valence-corrected chi connectivity index (χ1v) is 12.0. The van der Waals surface area contributed by atoms with Crippen LogP contribution < -0.4 is 9.47 Å². The Balaban J connectivity index is 1.29. The Bertz CT molecular complexity index is 1420. The van der Waals surface area contributed by atoms with Gasteiger partial charge < -0.3 is 14.0 Å². The average Bonchev–Trinajstić information content (AvgIpc) is 3.53. The maximum Gasteiger partial charge on any atom is 0.231 e. The first kappa shape index (κ1) is 20.3. The zero-order valence-electron chi connectivity index (χ0n) is 18.6. The number of carbonyl (C=O) groups excluding carboxylic acids is 1. The third-order valence-corrected chi connectivity index (χ3v) is 7.41. The predicted molar refractivity (Wildman–Crippen MR) is 131 cm³/mol. The highest BCUT2D eigenvalue weighted by atomic mass is 32.1. The normalized spacial score (nSPS) is 16.7. The largest absolute Gasteiger partial charge is 0.477 e. The molecular weight excluding hydrogens is 432 g/mol. The van der Waals surface area contributed by atoms with Crippen molar-refractivity contribution in [1.29, 1.82) is 0 Å². The van der Waals surface area contributed by atoms with Gasteiger partial charge in [0.1, 0.15) is 18.2 Å². The highest BCUT2D eigenvalue weighted by molar-refractivity contribution is 7.09. The van der Waals surface area contributed by atoms with Gasteiger partial charge in [0.05, 0.1) is 5.56 Å². The van der Waals surface area contributed by atoms with Gasteiger partial charge in [-0.3, -0.25) is 9.69 Å². The number of rotatable bonds is 4. The van der Waals surface area contributed by atoms with Crippen LogP contribution in [0, 0.1) is 6.92 Å². The summed E-state index contributed by atoms with van der Waals surface area (Å²) in [5, 5.41) is 3.21. The summed E-state index contributed by atoms with van der Waals surface area (Å²) < 4.78 is 14.3. The van der Waals surface area contributed by atoms with E-state index in [1.807, 2.05) is 44.4 Å². The second-order valence-electron chi connectivity index (χ2n) is 8.67. The van der Waals surface area contributed by atoms with E-state index in [1.165, 1.54) is 4.88 Å². The van der Waals surface area contributed by atoms with Crippen LogP contribution in [0.2, 0.25) is 0 Å². The number of nitrogens with zero attached hydrogens (tertiary/aromatic N) is 2. The molecule has 0 aliphatic carbocycles. The van der Waals surface area contributed by atoms with Crippen LogP contribution in [0.5, 0.6) is 11.5 Å². The standard InChI is InChI=1S/C27H24N2O3S/c1-17-26-19(15-29(16-31-26)10-9-20-6-5-11-33-20)12-22-25(30)24(32-27(17)22)13-18-14-28(2)23-8-4-3-7-21(18)23/h3-8,11-14H,9-10,15-16H2,1-2H3/b24-13-. The van der Waals surface area contributed by atoms with Crippen molar-refractivity contribution in [2.45, 2.75) is 19.9 Å². The van der Waals surface area contributed by atoms with E-state index >= 15 is 0 Å². The molecule has 6 rings (SSSR count). The number of aromatic nitrogens is 1. The molecular formula is C27H24N2O3S. The summed E-state index contributed by atoms with van der Waals surface area (Å²) >= 11 is 1.78. The molecule has 0 saturated heterocycles. The third-order valence-electron chi connectivity index (χ3n) is 6.47. The topological polar surface area (TPSA) is 43.7 Å². The number of ether oxygens (including phenoxy) is 2. The molecule has 0 unspecified atom stereocenters. The van der Waals surface area contributed by atoms with Crippen molar-refractivity contribution in [3.05, 3.63) is 86.9 Å². The molecule has 0 fully saturated rings. The molecule has 33 heavy (non-hydrogen) atoms. The van der Waals surface area contributed by atoms with Gasteiger partial charge in [0.2, 0.25) is 5.78 Å². The van der Waals surface area contributed by atoms with E-state index in [0.717, 1.165) is 52.9 Å². The van der Waals surface area contributed by atoms with E-state index in [2.05, 4.69) is 39.1 Å². The first-order valence-electron chi connectivity index (χ1n) is 11.1. The van der Waals surface area contributed by atoms with Crippen LogP contribution in [0.15, 0.2) is 59.8 Å². The Morgan fingerprint density at radius 2 is 2.03 bits per heavy atom. The lowest BCUT2D eigenvalue weighted by atomic mass is 10.00. The molecule has 0 amide bonds. The molecule has 0 saturated carbocycles. The molecule has 0 N–H and O–H groups in total. The van der Waals surface area contributed by atoms with Crippen molar-refractivity contribution >= 4 is 34.1 Å². The van der Waals surface area contributed by atoms with Gasteiger partial charge in [-0.2, -0.15) is 0 Å². The minimum atomic E-state index is -0.0699. The minimum absolute atomic E-state index is 0.0699. The van der Waals surface area contributed by atoms with Crippen molar-refractivity contribution < 1.29 is 14.3 Å². The number of fused-ring (bicyclic) bond motifs is 3. The second-order valence-corrected chi connectivity index (χ2v) is 9.71. The summed E-state index contributed by atoms with van der Waals surface area (Å²) in [5.74, 6) is 1.76. The lowest BCUT2D eigenvalue weighted by Crippen LogP contribution is -2.34. The van der Waals surface area contributed by atoms with Gasteiger partial charge in [0, 0.05) is 58.8 Å². The van der Waals surface area contributed by atoms with E-state index in [1.54, 1.807) is 11.3 Å². The number of para-hydroxylation sites is 1. The van der Waals surface area contributed by atoms with Crippen molar-refractivity contribution in [1.82, 2.24) is 9.47 Å². The second kappa shape index (κ2) is 7.90. The van der Waals surface area contributed by atoms with Crippen LogP contribution >= 0.6 is 11.3 Å². The summed E-state index contributed by atoms with van der Waals surface area (Å²) in [4.78, 5) is 16.9. The van der Waals surface area contributed by atoms with E-state index in [-0.39, 0.29) is 5.78 Å². The van der Waals surface area contributed by atoms with E-state index in [0.29, 0.717) is 23.8 Å². The number of Topliss-reactive ketones (excluding diaryl/α,β-unsaturated/α-hetero) is 1. The van der Waals surface area contributed by atoms with Crippen molar-refractivity contribution in [2.24, 2.45) is 7.05 Å². The Labute approximate surface area is 196 Å². The fourth-order valence-electron chi connectivity index (χ4n) is 4.79. The molecule has 0 atom stereocenters. The molecule has 0 spiro atoms. The smallest absolute Gasteiger partial charge is 0.231 e. The lowest BCUT2D eigenvalue weighted by molar-refractivity contribution is 0.0956. The van der Waals surface area contributed by atoms with Gasteiger partial charge in [-0.25, -0.2) is 0 Å². The van der Waals surface area contributed by atoms with Gasteiger partial charge in [-0.05, 0) is 43.0 Å². The third kappa shape index (κ3) is 3.46. The highest BCUT2D eigenvalue weighted by Gasteiger charge is 2.33. The summed E-state index contributed by atoms with van der Waals surface area (Å²) in [6.07, 6.45) is 4.89. The van der Waals surface area contributed by atoms with Crippen LogP contribution in [0.4, 0.5) is 0 Å². The maximum atomic E-state index is 13.3. The molecule has 2 aliphatic rings. The number of ketones is 1. The molecule has 0 bridgehead atoms. The van der Waals surface area contributed by atoms with E-state index < -0.39 is 0 Å². The Morgan fingerprint density at radius 1 is 1.15 bits per heavy atom. The van der Waals surface area contributed by atoms with Crippen molar-refractivity contribution in [3.8, 4) is 11.5 Å². The van der Waals surface area contributed by atoms with Crippen LogP contribution in [-0.2, 0) is 20.0 Å². The van der Waals surface area contributed by atoms with Gasteiger partial charge in [-0.1, -0.05) is 24.3 Å². The Kier molecular flexibility index (Phi) is 4.85. The number of carbonyl (C=O) groups is 1. The highest BCUT2D eigenvalue weighted by Crippen LogP contribution is 2.43. The van der Waals surface area contributed by atoms with Crippen LogP contribution in [-0.4, -0.2) is 28.5 Å². The molecule has 4 heterocycles. The number of allylic oxidation sites excluding steroid dienone is 1. The summed E-state index contributed by atoms with van der Waals surface area (Å²) in [7, 11) is 2.01. The zero-order chi connectivity index (χ0) is 22.5. The minimum Gasteiger partial charge on any atom is -0.477 e. The van der Waals surface area contributed by atoms with Gasteiger partial charge in [0.15, 0.2) is 5.76 Å². The number of thiophene rings is 1. The predicted octanol–water partition coefficient (Wildman–Crippen LogP) is 5.56. The van der Waals surface area contributed by atoms with Gasteiger partial charge in [0.25, 0.3) is 0 Å². The summed E-state index contributed by atoms with van der Waals surface area (Å²) in [5.41, 5.74) is 4.67. The van der Waals surface area contributed by atoms with E-state index in [4.69, 9.17) is 9.47 Å². The number of aryl methyl sites for hydroxylation is 1. The fraction of sp³-hybridized carbons (Fsp3) is 0.222. The number of hydrogen-bond donors (Lipinski definition) is 0. The molecule has 166 valence electrons. The maximum absolute atomic E-state index is 13.3. The van der Waals surface area contributed by atoms with E-state index in [9.17, 15) is 4.79 Å². The first-order chi connectivity index (χ1) is 16.1. The average molecular weight is 457 g/mol. The molecule has 5 nitrogen and oxygen atoms in total. The zero-order valence-corrected chi connectivity index (χ0v) is 19.4. The molecule has 4 aromatic rings. The summed E-state index contributed by atoms with van der Waals surface area (Å²) in [6, 6.07) is 14.4.